The first-order chi connectivity index (χ1) is 12.1. The van der Waals surface area contributed by atoms with Gasteiger partial charge in [0.05, 0.1) is 6.61 Å². The molecule has 1 aliphatic heterocycles. The number of ether oxygens (including phenoxy) is 5. The first kappa shape index (κ1) is 21.2. The summed E-state index contributed by atoms with van der Waals surface area (Å²) >= 11 is 0. The van der Waals surface area contributed by atoms with E-state index in [-0.39, 0.29) is 6.61 Å². The Morgan fingerprint density at radius 2 is 1.69 bits per heavy atom. The Hall–Kier alpha value is -2.85. The Morgan fingerprint density at radius 1 is 1.08 bits per heavy atom. The lowest BCUT2D eigenvalue weighted by molar-refractivity contribution is -0.261. The molecule has 0 aliphatic carbocycles. The van der Waals surface area contributed by atoms with Crippen LogP contribution in [0.1, 0.15) is 27.7 Å². The van der Waals surface area contributed by atoms with E-state index in [0.29, 0.717) is 0 Å². The van der Waals surface area contributed by atoms with Gasteiger partial charge in [-0.25, -0.2) is 0 Å². The molecule has 12 heteroatoms. The molecular weight excluding hydrogens is 354 g/mol. The predicted molar refractivity (Wildman–Crippen MR) is 81.1 cm³/mol. The normalized spacial score (nSPS) is 27.5. The van der Waals surface area contributed by atoms with Crippen molar-refractivity contribution in [3.63, 3.8) is 0 Å². The summed E-state index contributed by atoms with van der Waals surface area (Å²) in [7, 11) is 0. The smallest absolute Gasteiger partial charge is 0.303 e. The van der Waals surface area contributed by atoms with Crippen LogP contribution in [0.4, 0.5) is 0 Å². The minimum atomic E-state index is -2.10. The van der Waals surface area contributed by atoms with Gasteiger partial charge in [0.25, 0.3) is 5.72 Å². The Kier molecular flexibility index (Phi) is 7.35. The lowest BCUT2D eigenvalue weighted by Crippen LogP contribution is -2.65. The van der Waals surface area contributed by atoms with Crippen LogP contribution in [-0.4, -0.2) is 61.1 Å². The summed E-state index contributed by atoms with van der Waals surface area (Å²) in [6, 6.07) is 0. The second-order valence-corrected chi connectivity index (χ2v) is 5.38. The summed E-state index contributed by atoms with van der Waals surface area (Å²) in [5.74, 6) is -3.06. The van der Waals surface area contributed by atoms with Gasteiger partial charge in [-0.15, -0.1) is 0 Å². The van der Waals surface area contributed by atoms with Crippen molar-refractivity contribution < 1.29 is 42.9 Å². The number of carbonyl (C=O) groups is 4. The molecule has 4 atom stereocenters. The van der Waals surface area contributed by atoms with Gasteiger partial charge < -0.3 is 23.7 Å². The zero-order valence-corrected chi connectivity index (χ0v) is 14.7. The molecule has 0 amide bonds. The van der Waals surface area contributed by atoms with Crippen LogP contribution >= 0.6 is 0 Å². The summed E-state index contributed by atoms with van der Waals surface area (Å²) in [6.45, 7) is 3.51. The third-order valence-electron chi connectivity index (χ3n) is 3.19. The lowest BCUT2D eigenvalue weighted by Gasteiger charge is -2.45. The molecular formula is C14H19N3O9. The van der Waals surface area contributed by atoms with Crippen LogP contribution in [0.3, 0.4) is 0 Å². The first-order valence-corrected chi connectivity index (χ1v) is 7.46. The summed E-state index contributed by atoms with van der Waals surface area (Å²) in [4.78, 5) is 48.1. The average Bonchev–Trinajstić information content (AvgIpc) is 2.49. The van der Waals surface area contributed by atoms with Gasteiger partial charge in [-0.3, -0.25) is 19.2 Å². The maximum atomic E-state index is 11.5. The van der Waals surface area contributed by atoms with E-state index in [1.165, 1.54) is 0 Å². The molecule has 0 aromatic carbocycles. The number of esters is 4. The average molecular weight is 373 g/mol. The van der Waals surface area contributed by atoms with Crippen molar-refractivity contribution in [1.29, 1.82) is 0 Å². The highest BCUT2D eigenvalue weighted by atomic mass is 16.7. The predicted octanol–water partition coefficient (Wildman–Crippen LogP) is 0.381. The Balaban J connectivity index is 3.34. The van der Waals surface area contributed by atoms with Crippen molar-refractivity contribution in [2.24, 2.45) is 5.11 Å². The van der Waals surface area contributed by atoms with Gasteiger partial charge in [-0.1, -0.05) is 0 Å². The van der Waals surface area contributed by atoms with E-state index in [4.69, 9.17) is 29.2 Å². The molecule has 1 heterocycles. The molecule has 144 valence electrons. The lowest BCUT2D eigenvalue weighted by atomic mass is 9.94. The minimum absolute atomic E-state index is 0.336. The Labute approximate surface area is 148 Å². The second-order valence-electron chi connectivity index (χ2n) is 5.38. The fourth-order valence-electron chi connectivity index (χ4n) is 2.38. The molecule has 0 spiro atoms. The Bertz CT molecular complexity index is 631. The van der Waals surface area contributed by atoms with Crippen molar-refractivity contribution in [2.75, 3.05) is 13.2 Å². The van der Waals surface area contributed by atoms with Gasteiger partial charge in [0, 0.05) is 32.6 Å². The van der Waals surface area contributed by atoms with Crippen molar-refractivity contribution >= 4 is 23.9 Å². The van der Waals surface area contributed by atoms with E-state index in [9.17, 15) is 19.2 Å². The molecule has 0 saturated carbocycles. The van der Waals surface area contributed by atoms with Crippen LogP contribution in [0.2, 0.25) is 0 Å². The summed E-state index contributed by atoms with van der Waals surface area (Å²) < 4.78 is 25.6. The molecule has 0 aromatic heterocycles. The molecule has 0 radical (unpaired) electrons. The van der Waals surface area contributed by atoms with Gasteiger partial charge in [-0.05, 0) is 10.6 Å². The monoisotopic (exact) mass is 373 g/mol. The van der Waals surface area contributed by atoms with Crippen LogP contribution in [0, 0.1) is 0 Å². The number of azide groups is 1. The van der Waals surface area contributed by atoms with Crippen LogP contribution in [0.25, 0.3) is 10.4 Å². The van der Waals surface area contributed by atoms with Gasteiger partial charge in [-0.2, -0.15) is 0 Å². The van der Waals surface area contributed by atoms with Crippen molar-refractivity contribution in [1.82, 2.24) is 0 Å². The standard InChI is InChI=1S/C14H19N3O9/c1-7(18)22-5-11-12(24-8(2)19)13(25-9(3)20)14(6-23-11,16-17-15)26-10(4)21/h11-13H,5-6H2,1-4H3/t11-,12-,13+,14+/m1/s1. The van der Waals surface area contributed by atoms with Crippen molar-refractivity contribution in [3.05, 3.63) is 10.4 Å². The Morgan fingerprint density at radius 3 is 2.15 bits per heavy atom. The molecule has 26 heavy (non-hydrogen) atoms. The van der Waals surface area contributed by atoms with Crippen molar-refractivity contribution in [2.45, 2.75) is 51.7 Å². The van der Waals surface area contributed by atoms with Gasteiger partial charge in [0.2, 0.25) is 0 Å². The van der Waals surface area contributed by atoms with Crippen LogP contribution in [0.15, 0.2) is 5.11 Å². The zero-order valence-electron chi connectivity index (χ0n) is 14.7. The van der Waals surface area contributed by atoms with E-state index in [0.717, 1.165) is 27.7 Å². The van der Waals surface area contributed by atoms with E-state index < -0.39 is 54.5 Å². The number of hydrogen-bond donors (Lipinski definition) is 0. The second kappa shape index (κ2) is 9.02. The minimum Gasteiger partial charge on any atom is -0.463 e. The van der Waals surface area contributed by atoms with Crippen LogP contribution in [0.5, 0.6) is 0 Å². The number of nitrogens with zero attached hydrogens (tertiary/aromatic N) is 3. The fourth-order valence-corrected chi connectivity index (χ4v) is 2.38. The van der Waals surface area contributed by atoms with E-state index in [2.05, 4.69) is 10.0 Å². The first-order valence-electron chi connectivity index (χ1n) is 7.46. The van der Waals surface area contributed by atoms with Gasteiger partial charge >= 0.3 is 23.9 Å². The highest BCUT2D eigenvalue weighted by Gasteiger charge is 2.57. The quantitative estimate of drug-likeness (QED) is 0.210. The van der Waals surface area contributed by atoms with Crippen molar-refractivity contribution in [3.8, 4) is 0 Å². The fraction of sp³-hybridized carbons (Fsp3) is 0.714. The molecule has 0 unspecified atom stereocenters. The highest BCUT2D eigenvalue weighted by molar-refractivity contribution is 5.69. The summed E-state index contributed by atoms with van der Waals surface area (Å²) in [5.41, 5.74) is 6.75. The molecule has 12 nitrogen and oxygen atoms in total. The maximum Gasteiger partial charge on any atom is 0.303 e. The van der Waals surface area contributed by atoms with Gasteiger partial charge in [0.1, 0.15) is 12.7 Å². The molecule has 1 rings (SSSR count). The number of hydrogen-bond acceptors (Lipinski definition) is 10. The molecule has 1 saturated heterocycles. The molecule has 0 bridgehead atoms. The van der Waals surface area contributed by atoms with Crippen LogP contribution < -0.4 is 0 Å². The van der Waals surface area contributed by atoms with E-state index in [1.807, 2.05) is 0 Å². The summed E-state index contributed by atoms with van der Waals surface area (Å²) in [5, 5.41) is 3.41. The topological polar surface area (TPSA) is 163 Å². The van der Waals surface area contributed by atoms with E-state index >= 15 is 0 Å². The molecule has 1 fully saturated rings. The largest absolute Gasteiger partial charge is 0.463 e. The van der Waals surface area contributed by atoms with Crippen LogP contribution in [-0.2, 0) is 42.9 Å². The maximum absolute atomic E-state index is 11.5. The third-order valence-corrected chi connectivity index (χ3v) is 3.19. The zero-order chi connectivity index (χ0) is 19.9. The van der Waals surface area contributed by atoms with Gasteiger partial charge in [0.15, 0.2) is 12.2 Å². The molecule has 1 aliphatic rings. The summed E-state index contributed by atoms with van der Waals surface area (Å²) in [6.07, 6.45) is -3.93. The molecule has 0 aromatic rings. The highest BCUT2D eigenvalue weighted by Crippen LogP contribution is 2.34. The third kappa shape index (κ3) is 5.60. The number of rotatable bonds is 6. The van der Waals surface area contributed by atoms with E-state index in [1.54, 1.807) is 0 Å². The molecule has 0 N–H and O–H groups in total. The SMILES string of the molecule is CC(=O)OC[C@H]1OC[C@](N=[N+]=[N-])(OC(C)=O)[C@@H](OC(C)=O)[C@@H]1OC(C)=O. The number of carbonyl (C=O) groups excluding carboxylic acids is 4.